The number of nitrogens with zero attached hydrogens (tertiary/aromatic N) is 4. The molecule has 118 valence electrons. The van der Waals surface area contributed by atoms with Crippen molar-refractivity contribution in [2.75, 3.05) is 19.0 Å². The second-order valence-electron chi connectivity index (χ2n) is 4.76. The maximum absolute atomic E-state index is 10.5. The van der Waals surface area contributed by atoms with Gasteiger partial charge in [0.05, 0.1) is 26.1 Å². The van der Waals surface area contributed by atoms with Gasteiger partial charge in [-0.25, -0.2) is 4.98 Å². The minimum atomic E-state index is -0.768. The van der Waals surface area contributed by atoms with Crippen molar-refractivity contribution in [3.8, 4) is 5.88 Å². The van der Waals surface area contributed by atoms with Gasteiger partial charge in [0.1, 0.15) is 12.3 Å². The summed E-state index contributed by atoms with van der Waals surface area (Å²) in [6.07, 6.45) is 0.317. The summed E-state index contributed by atoms with van der Waals surface area (Å²) in [5.74, 6) is 0.294. The minimum Gasteiger partial charge on any atom is -0.479 e. The number of carbonyl (C=O) groups excluding carboxylic acids is 1. The van der Waals surface area contributed by atoms with Gasteiger partial charge in [-0.1, -0.05) is 0 Å². The monoisotopic (exact) mass is 309 g/mol. The van der Waals surface area contributed by atoms with Crippen LogP contribution in [0.25, 0.3) is 11.2 Å². The maximum Gasteiger partial charge on any atom is 0.245 e. The molecule has 3 N–H and O–H groups in total. The van der Waals surface area contributed by atoms with Crippen molar-refractivity contribution in [1.82, 2.24) is 19.5 Å². The van der Waals surface area contributed by atoms with Gasteiger partial charge in [0.15, 0.2) is 11.2 Å². The molecule has 0 radical (unpaired) electrons. The van der Waals surface area contributed by atoms with Crippen LogP contribution in [0.15, 0.2) is 6.33 Å². The van der Waals surface area contributed by atoms with E-state index in [0.29, 0.717) is 24.0 Å². The van der Waals surface area contributed by atoms with E-state index in [-0.39, 0.29) is 18.4 Å². The van der Waals surface area contributed by atoms with Crippen molar-refractivity contribution in [2.45, 2.75) is 24.9 Å². The summed E-state index contributed by atoms with van der Waals surface area (Å²) >= 11 is 0. The largest absolute Gasteiger partial charge is 0.479 e. The van der Waals surface area contributed by atoms with E-state index < -0.39 is 18.4 Å². The first kappa shape index (κ1) is 14.6. The Balaban J connectivity index is 2.03. The molecule has 1 aliphatic heterocycles. The summed E-state index contributed by atoms with van der Waals surface area (Å²) in [6, 6.07) is 0. The molecule has 1 amide bonds. The average Bonchev–Trinajstić information content (AvgIpc) is 3.09. The molecule has 0 aromatic carbocycles. The number of aliphatic hydroxyl groups is 2. The summed E-state index contributed by atoms with van der Waals surface area (Å²) in [4.78, 5) is 22.8. The predicted octanol–water partition coefficient (Wildman–Crippen LogP) is -0.956. The number of fused-ring (bicyclic) bond motifs is 1. The van der Waals surface area contributed by atoms with Crippen LogP contribution in [0.4, 0.5) is 5.95 Å². The molecule has 1 fully saturated rings. The van der Waals surface area contributed by atoms with Crippen LogP contribution in [0.5, 0.6) is 5.88 Å². The zero-order valence-electron chi connectivity index (χ0n) is 11.7. The van der Waals surface area contributed by atoms with E-state index in [4.69, 9.17) is 14.6 Å². The Kier molecular flexibility index (Phi) is 3.88. The molecule has 2 aromatic rings. The van der Waals surface area contributed by atoms with Crippen LogP contribution in [0.3, 0.4) is 0 Å². The highest BCUT2D eigenvalue weighted by atomic mass is 16.5. The first-order valence-electron chi connectivity index (χ1n) is 6.61. The molecule has 10 heteroatoms. The van der Waals surface area contributed by atoms with Gasteiger partial charge in [-0.2, -0.15) is 9.97 Å². The lowest BCUT2D eigenvalue weighted by Crippen LogP contribution is -2.24. The first-order valence-corrected chi connectivity index (χ1v) is 6.61. The van der Waals surface area contributed by atoms with Crippen LogP contribution in [-0.4, -0.2) is 62.1 Å². The smallest absolute Gasteiger partial charge is 0.245 e. The number of hydrogen-bond donors (Lipinski definition) is 3. The fourth-order valence-electron chi connectivity index (χ4n) is 2.44. The van der Waals surface area contributed by atoms with E-state index in [1.165, 1.54) is 13.4 Å². The van der Waals surface area contributed by atoms with Crippen molar-refractivity contribution >= 4 is 23.5 Å². The van der Waals surface area contributed by atoms with Gasteiger partial charge in [-0.3, -0.25) is 14.7 Å². The van der Waals surface area contributed by atoms with Crippen molar-refractivity contribution in [3.05, 3.63) is 6.33 Å². The van der Waals surface area contributed by atoms with E-state index in [0.717, 1.165) is 0 Å². The average molecular weight is 309 g/mol. The van der Waals surface area contributed by atoms with Gasteiger partial charge in [-0.15, -0.1) is 0 Å². The molecule has 1 saturated heterocycles. The quantitative estimate of drug-likeness (QED) is 0.602. The lowest BCUT2D eigenvalue weighted by Gasteiger charge is -2.15. The standard InChI is InChI=1S/C12H15N5O5/c1-21-11-9-10(15-12(16-11)14-5-19)13-4-17(9)8-2-6(20)7(3-18)22-8/h4-8,18,20H,2-3H2,1H3,(H,14,15,16,19)/t6-,7+,8+/m0/s1. The SMILES string of the molecule is COc1nc(NC=O)nc2ncn([C@H]3C[C@H](O)[C@@H](CO)O3)c12. The van der Waals surface area contributed by atoms with Gasteiger partial charge in [-0.05, 0) is 0 Å². The summed E-state index contributed by atoms with van der Waals surface area (Å²) in [5, 5.41) is 21.3. The summed E-state index contributed by atoms with van der Waals surface area (Å²) < 4.78 is 12.4. The number of carbonyl (C=O) groups is 1. The molecule has 2 aromatic heterocycles. The molecule has 0 spiro atoms. The molecule has 0 aliphatic carbocycles. The predicted molar refractivity (Wildman–Crippen MR) is 73.2 cm³/mol. The van der Waals surface area contributed by atoms with E-state index >= 15 is 0 Å². The normalized spacial score (nSPS) is 24.6. The Labute approximate surface area is 124 Å². The van der Waals surface area contributed by atoms with Gasteiger partial charge >= 0.3 is 0 Å². The molecular weight excluding hydrogens is 294 g/mol. The van der Waals surface area contributed by atoms with Crippen LogP contribution in [0, 0.1) is 0 Å². The fraction of sp³-hybridized carbons (Fsp3) is 0.500. The highest BCUT2D eigenvalue weighted by Crippen LogP contribution is 2.33. The Morgan fingerprint density at radius 2 is 2.41 bits per heavy atom. The molecule has 10 nitrogen and oxygen atoms in total. The van der Waals surface area contributed by atoms with Crippen molar-refractivity contribution in [2.24, 2.45) is 0 Å². The van der Waals surface area contributed by atoms with Crippen molar-refractivity contribution in [1.29, 1.82) is 0 Å². The molecular formula is C12H15N5O5. The molecule has 0 saturated carbocycles. The molecule has 0 bridgehead atoms. The zero-order chi connectivity index (χ0) is 15.7. The van der Waals surface area contributed by atoms with Gasteiger partial charge < -0.3 is 19.7 Å². The van der Waals surface area contributed by atoms with E-state index in [9.17, 15) is 9.90 Å². The molecule has 3 heterocycles. The molecule has 1 aliphatic rings. The number of aliphatic hydroxyl groups excluding tert-OH is 2. The number of aromatic nitrogens is 4. The number of ether oxygens (including phenoxy) is 2. The Morgan fingerprint density at radius 3 is 3.05 bits per heavy atom. The Bertz CT molecular complexity index is 690. The fourth-order valence-corrected chi connectivity index (χ4v) is 2.44. The number of imidazole rings is 1. The van der Waals surface area contributed by atoms with Gasteiger partial charge in [0.2, 0.25) is 18.2 Å². The number of anilines is 1. The molecule has 3 rings (SSSR count). The molecule has 22 heavy (non-hydrogen) atoms. The van der Waals surface area contributed by atoms with Crippen molar-refractivity contribution in [3.63, 3.8) is 0 Å². The van der Waals surface area contributed by atoms with Crippen LogP contribution in [0.1, 0.15) is 12.6 Å². The minimum absolute atomic E-state index is 0.0743. The second-order valence-corrected chi connectivity index (χ2v) is 4.76. The second kappa shape index (κ2) is 5.83. The topological polar surface area (TPSA) is 132 Å². The van der Waals surface area contributed by atoms with E-state index in [1.54, 1.807) is 4.57 Å². The Hall–Kier alpha value is -2.30. The third kappa shape index (κ3) is 2.36. The van der Waals surface area contributed by atoms with E-state index in [1.807, 2.05) is 0 Å². The summed E-state index contributed by atoms with van der Waals surface area (Å²) in [6.45, 7) is -0.272. The zero-order valence-corrected chi connectivity index (χ0v) is 11.7. The van der Waals surface area contributed by atoms with Crippen molar-refractivity contribution < 1.29 is 24.5 Å². The summed E-state index contributed by atoms with van der Waals surface area (Å²) in [5.41, 5.74) is 0.802. The number of methoxy groups -OCH3 is 1. The number of rotatable bonds is 5. The Morgan fingerprint density at radius 1 is 1.59 bits per heavy atom. The lowest BCUT2D eigenvalue weighted by molar-refractivity contribution is -0.105. The highest BCUT2D eigenvalue weighted by molar-refractivity contribution is 5.80. The molecule has 0 unspecified atom stereocenters. The highest BCUT2D eigenvalue weighted by Gasteiger charge is 2.35. The third-order valence-electron chi connectivity index (χ3n) is 3.47. The van der Waals surface area contributed by atoms with Crippen LogP contribution in [-0.2, 0) is 9.53 Å². The van der Waals surface area contributed by atoms with E-state index in [2.05, 4.69) is 20.3 Å². The van der Waals surface area contributed by atoms with Gasteiger partial charge in [0, 0.05) is 6.42 Å². The number of amides is 1. The number of hydrogen-bond acceptors (Lipinski definition) is 8. The van der Waals surface area contributed by atoms with Crippen LogP contribution >= 0.6 is 0 Å². The molecule has 3 atom stereocenters. The van der Waals surface area contributed by atoms with Gasteiger partial charge in [0.25, 0.3) is 0 Å². The number of nitrogens with one attached hydrogen (secondary N) is 1. The maximum atomic E-state index is 10.5. The lowest BCUT2D eigenvalue weighted by atomic mass is 10.2. The third-order valence-corrected chi connectivity index (χ3v) is 3.47. The summed E-state index contributed by atoms with van der Waals surface area (Å²) in [7, 11) is 1.44. The van der Waals surface area contributed by atoms with Crippen LogP contribution in [0.2, 0.25) is 0 Å². The first-order chi connectivity index (χ1) is 10.7. The van der Waals surface area contributed by atoms with Crippen LogP contribution < -0.4 is 10.1 Å².